The van der Waals surface area contributed by atoms with E-state index >= 15 is 0 Å². The first-order chi connectivity index (χ1) is 15.0. The minimum atomic E-state index is -0.0750. The van der Waals surface area contributed by atoms with Crippen LogP contribution in [-0.4, -0.2) is 64.1 Å². The second-order valence-electron chi connectivity index (χ2n) is 6.67. The maximum absolute atomic E-state index is 12.3. The van der Waals surface area contributed by atoms with Crippen LogP contribution in [0, 0.1) is 0 Å². The zero-order valence-corrected chi connectivity index (χ0v) is 19.0. The summed E-state index contributed by atoms with van der Waals surface area (Å²) in [5.41, 5.74) is 1.79. The number of ether oxygens (including phenoxy) is 3. The van der Waals surface area contributed by atoms with E-state index in [1.54, 1.807) is 26.0 Å². The molecule has 0 bridgehead atoms. The van der Waals surface area contributed by atoms with Crippen molar-refractivity contribution in [1.29, 1.82) is 0 Å². The van der Waals surface area contributed by atoms with Gasteiger partial charge in [-0.1, -0.05) is 17.8 Å². The molecule has 2 heterocycles. The van der Waals surface area contributed by atoms with Crippen molar-refractivity contribution in [2.24, 2.45) is 14.1 Å². The number of thioether (sulfide) groups is 1. The molecular formula is C20H26N6O4S. The van der Waals surface area contributed by atoms with Gasteiger partial charge in [-0.25, -0.2) is 0 Å². The lowest BCUT2D eigenvalue weighted by molar-refractivity contribution is -0.118. The molecule has 0 aliphatic carbocycles. The topological polar surface area (TPSA) is 105 Å². The lowest BCUT2D eigenvalue weighted by atomic mass is 10.1. The fourth-order valence-electron chi connectivity index (χ4n) is 3.01. The van der Waals surface area contributed by atoms with Crippen molar-refractivity contribution in [3.63, 3.8) is 0 Å². The summed E-state index contributed by atoms with van der Waals surface area (Å²) < 4.78 is 19.3. The lowest BCUT2D eigenvalue weighted by Gasteiger charge is -2.10. The number of methoxy groups -OCH3 is 3. The van der Waals surface area contributed by atoms with Gasteiger partial charge in [-0.05, 0) is 24.1 Å². The van der Waals surface area contributed by atoms with Gasteiger partial charge in [-0.3, -0.25) is 9.48 Å². The lowest BCUT2D eigenvalue weighted by Crippen LogP contribution is -2.27. The molecule has 0 unspecified atom stereocenters. The van der Waals surface area contributed by atoms with Crippen LogP contribution in [-0.2, 0) is 25.3 Å². The number of benzene rings is 1. The Hall–Kier alpha value is -3.21. The molecule has 0 aliphatic heterocycles. The molecule has 11 heteroatoms. The molecule has 0 saturated heterocycles. The summed E-state index contributed by atoms with van der Waals surface area (Å²) in [6, 6.07) is 5.72. The number of amides is 1. The Morgan fingerprint density at radius 3 is 2.58 bits per heavy atom. The second-order valence-corrected chi connectivity index (χ2v) is 7.61. The monoisotopic (exact) mass is 446 g/mol. The summed E-state index contributed by atoms with van der Waals surface area (Å²) in [6.07, 6.45) is 2.50. The molecule has 3 aromatic rings. The molecule has 3 rings (SSSR count). The van der Waals surface area contributed by atoms with Crippen molar-refractivity contribution in [2.45, 2.75) is 11.6 Å². The van der Waals surface area contributed by atoms with Crippen molar-refractivity contribution in [2.75, 3.05) is 33.6 Å². The van der Waals surface area contributed by atoms with Crippen LogP contribution in [0.15, 0.2) is 29.6 Å². The Morgan fingerprint density at radius 2 is 1.87 bits per heavy atom. The van der Waals surface area contributed by atoms with Gasteiger partial charge in [0, 0.05) is 26.8 Å². The van der Waals surface area contributed by atoms with Crippen LogP contribution in [0.2, 0.25) is 0 Å². The molecule has 0 aliphatic rings. The van der Waals surface area contributed by atoms with Crippen molar-refractivity contribution < 1.29 is 19.0 Å². The molecular weight excluding hydrogens is 420 g/mol. The third kappa shape index (κ3) is 5.29. The summed E-state index contributed by atoms with van der Waals surface area (Å²) >= 11 is 1.32. The largest absolute Gasteiger partial charge is 0.493 e. The Kier molecular flexibility index (Phi) is 7.40. The molecule has 2 aromatic heterocycles. The smallest absolute Gasteiger partial charge is 0.243 e. The third-order valence-corrected chi connectivity index (χ3v) is 5.60. The number of carbonyl (C=O) groups is 1. The van der Waals surface area contributed by atoms with E-state index in [0.29, 0.717) is 41.3 Å². The minimum absolute atomic E-state index is 0.0750. The summed E-state index contributed by atoms with van der Waals surface area (Å²) in [7, 11) is 8.42. The molecule has 0 radical (unpaired) electrons. The highest BCUT2D eigenvalue weighted by Gasteiger charge is 2.18. The number of aromatic nitrogens is 5. The number of hydrogen-bond acceptors (Lipinski definition) is 8. The number of nitrogens with zero attached hydrogens (tertiary/aromatic N) is 5. The summed E-state index contributed by atoms with van der Waals surface area (Å²) in [4.78, 5) is 12.3. The molecule has 31 heavy (non-hydrogen) atoms. The molecule has 1 amide bonds. The van der Waals surface area contributed by atoms with Gasteiger partial charge < -0.3 is 24.1 Å². The molecule has 10 nitrogen and oxygen atoms in total. The normalized spacial score (nSPS) is 10.7. The SMILES string of the molecule is COc1ccc(CCNC(=O)CSc2nnc(-c3cn(C)nc3OC)n2C)cc1OC. The summed E-state index contributed by atoms with van der Waals surface area (Å²) in [6.45, 7) is 0.520. The highest BCUT2D eigenvalue weighted by atomic mass is 32.2. The van der Waals surface area contributed by atoms with E-state index in [-0.39, 0.29) is 11.7 Å². The number of carbonyl (C=O) groups excluding carboxylic acids is 1. The summed E-state index contributed by atoms with van der Waals surface area (Å²) in [5.74, 6) is 2.61. The van der Waals surface area contributed by atoms with E-state index < -0.39 is 0 Å². The first-order valence-electron chi connectivity index (χ1n) is 9.54. The van der Waals surface area contributed by atoms with Gasteiger partial charge in [0.25, 0.3) is 0 Å². The fourth-order valence-corrected chi connectivity index (χ4v) is 3.75. The van der Waals surface area contributed by atoms with Crippen LogP contribution < -0.4 is 19.5 Å². The average Bonchev–Trinajstić information content (AvgIpc) is 3.33. The highest BCUT2D eigenvalue weighted by Crippen LogP contribution is 2.29. The van der Waals surface area contributed by atoms with Gasteiger partial charge in [0.15, 0.2) is 22.5 Å². The Balaban J connectivity index is 1.52. The molecule has 0 saturated carbocycles. The Labute approximate surface area is 184 Å². The summed E-state index contributed by atoms with van der Waals surface area (Å²) in [5, 5.41) is 16.2. The predicted molar refractivity (Wildman–Crippen MR) is 117 cm³/mol. The number of hydrogen-bond donors (Lipinski definition) is 1. The first kappa shape index (κ1) is 22.5. The first-order valence-corrected chi connectivity index (χ1v) is 10.5. The van der Waals surface area contributed by atoms with E-state index in [2.05, 4.69) is 20.6 Å². The second kappa shape index (κ2) is 10.2. The predicted octanol–water partition coefficient (Wildman–Crippen LogP) is 1.69. The van der Waals surface area contributed by atoms with Crippen molar-refractivity contribution in [3.8, 4) is 28.8 Å². The average molecular weight is 447 g/mol. The molecule has 1 aromatic carbocycles. The Bertz CT molecular complexity index is 1050. The van der Waals surface area contributed by atoms with Crippen molar-refractivity contribution in [3.05, 3.63) is 30.0 Å². The van der Waals surface area contributed by atoms with Crippen molar-refractivity contribution >= 4 is 17.7 Å². The van der Waals surface area contributed by atoms with Crippen LogP contribution in [0.1, 0.15) is 5.56 Å². The standard InChI is InChI=1S/C20H26N6O4S/c1-25-11-14(19(24-25)30-5)18-22-23-20(26(18)2)31-12-17(27)21-9-8-13-6-7-15(28-3)16(10-13)29-4/h6-7,10-11H,8-9,12H2,1-5H3,(H,21,27). The van der Waals surface area contributed by atoms with Gasteiger partial charge in [0.1, 0.15) is 5.56 Å². The number of aryl methyl sites for hydroxylation is 1. The third-order valence-electron chi connectivity index (χ3n) is 4.58. The van der Waals surface area contributed by atoms with E-state index in [9.17, 15) is 4.79 Å². The van der Waals surface area contributed by atoms with Gasteiger partial charge in [0.2, 0.25) is 11.8 Å². The van der Waals surface area contributed by atoms with E-state index in [1.165, 1.54) is 11.8 Å². The number of rotatable bonds is 10. The fraction of sp³-hybridized carbons (Fsp3) is 0.400. The van der Waals surface area contributed by atoms with E-state index in [1.807, 2.05) is 43.1 Å². The molecule has 0 spiro atoms. The van der Waals surface area contributed by atoms with E-state index in [4.69, 9.17) is 14.2 Å². The van der Waals surface area contributed by atoms with Crippen LogP contribution in [0.3, 0.4) is 0 Å². The van der Waals surface area contributed by atoms with E-state index in [0.717, 1.165) is 11.1 Å². The van der Waals surface area contributed by atoms with Crippen LogP contribution in [0.25, 0.3) is 11.4 Å². The Morgan fingerprint density at radius 1 is 1.10 bits per heavy atom. The quantitative estimate of drug-likeness (QED) is 0.469. The highest BCUT2D eigenvalue weighted by molar-refractivity contribution is 7.99. The molecule has 0 fully saturated rings. The van der Waals surface area contributed by atoms with Gasteiger partial charge in [-0.15, -0.1) is 15.3 Å². The molecule has 166 valence electrons. The van der Waals surface area contributed by atoms with Crippen molar-refractivity contribution in [1.82, 2.24) is 29.9 Å². The zero-order chi connectivity index (χ0) is 22.4. The molecule has 0 atom stereocenters. The minimum Gasteiger partial charge on any atom is -0.493 e. The maximum Gasteiger partial charge on any atom is 0.243 e. The van der Waals surface area contributed by atoms with Crippen LogP contribution in [0.4, 0.5) is 0 Å². The van der Waals surface area contributed by atoms with Crippen LogP contribution >= 0.6 is 11.8 Å². The van der Waals surface area contributed by atoms with Gasteiger partial charge >= 0.3 is 0 Å². The molecule has 1 N–H and O–H groups in total. The zero-order valence-electron chi connectivity index (χ0n) is 18.2. The number of nitrogens with one attached hydrogen (secondary N) is 1. The van der Waals surface area contributed by atoms with Gasteiger partial charge in [-0.2, -0.15) is 0 Å². The maximum atomic E-state index is 12.3. The van der Waals surface area contributed by atoms with Gasteiger partial charge in [0.05, 0.1) is 27.1 Å². The van der Waals surface area contributed by atoms with Crippen LogP contribution in [0.5, 0.6) is 17.4 Å².